The Hall–Kier alpha value is -3.28. The molecule has 0 saturated carbocycles. The molecular weight excluding hydrogens is 330 g/mol. The molecule has 6 heteroatoms. The fraction of sp³-hybridized carbons (Fsp3) is 0.200. The molecule has 132 valence electrons. The van der Waals surface area contributed by atoms with Gasteiger partial charge in [0.2, 0.25) is 0 Å². The summed E-state index contributed by atoms with van der Waals surface area (Å²) >= 11 is 0. The van der Waals surface area contributed by atoms with Crippen molar-refractivity contribution in [1.82, 2.24) is 15.1 Å². The van der Waals surface area contributed by atoms with Crippen LogP contribution in [0, 0.1) is 6.92 Å². The Labute approximate surface area is 151 Å². The molecule has 1 aliphatic heterocycles. The molecule has 2 aromatic carbocycles. The molecular formula is C20H19N3O3. The third-order valence-electron chi connectivity index (χ3n) is 4.32. The quantitative estimate of drug-likeness (QED) is 0.787. The Bertz CT molecular complexity index is 935. The lowest BCUT2D eigenvalue weighted by Crippen LogP contribution is -2.25. The van der Waals surface area contributed by atoms with Crippen LogP contribution in [-0.4, -0.2) is 28.9 Å². The highest BCUT2D eigenvalue weighted by Crippen LogP contribution is 2.33. The highest BCUT2D eigenvalue weighted by Gasteiger charge is 2.18. The van der Waals surface area contributed by atoms with Gasteiger partial charge >= 0.3 is 0 Å². The maximum absolute atomic E-state index is 12.7. The lowest BCUT2D eigenvalue weighted by Gasteiger charge is -2.20. The summed E-state index contributed by atoms with van der Waals surface area (Å²) in [5, 5.41) is 7.26. The molecule has 4 rings (SSSR count). The van der Waals surface area contributed by atoms with Crippen LogP contribution in [0.15, 0.2) is 54.9 Å². The molecule has 2 heterocycles. The van der Waals surface area contributed by atoms with E-state index in [-0.39, 0.29) is 5.91 Å². The fourth-order valence-corrected chi connectivity index (χ4v) is 3.00. The number of carbonyl (C=O) groups excluding carboxylic acids is 1. The first kappa shape index (κ1) is 16.2. The van der Waals surface area contributed by atoms with Gasteiger partial charge in [-0.1, -0.05) is 18.2 Å². The minimum absolute atomic E-state index is 0.144. The molecule has 0 radical (unpaired) electrons. The number of carbonyl (C=O) groups is 1. The number of nitrogens with zero attached hydrogens (tertiary/aromatic N) is 2. The Morgan fingerprint density at radius 3 is 2.69 bits per heavy atom. The predicted octanol–water partition coefficient (Wildman–Crippen LogP) is 2.88. The highest BCUT2D eigenvalue weighted by atomic mass is 16.6. The number of aryl methyl sites for hydroxylation is 1. The van der Waals surface area contributed by atoms with E-state index in [2.05, 4.69) is 10.4 Å². The molecule has 0 fully saturated rings. The van der Waals surface area contributed by atoms with E-state index in [1.54, 1.807) is 16.9 Å². The third kappa shape index (κ3) is 3.13. The minimum atomic E-state index is -0.144. The predicted molar refractivity (Wildman–Crippen MR) is 96.9 cm³/mol. The van der Waals surface area contributed by atoms with Crippen molar-refractivity contribution in [3.63, 3.8) is 0 Å². The van der Waals surface area contributed by atoms with Gasteiger partial charge in [-0.25, -0.2) is 4.68 Å². The van der Waals surface area contributed by atoms with Crippen molar-refractivity contribution in [2.45, 2.75) is 13.5 Å². The standard InChI is InChI=1S/C20H19N3O3/c1-14-11-18-19(26-10-9-25-18)12-16(14)20(24)21-13-15-5-2-3-6-17(15)23-8-4-7-22-23/h2-8,11-12H,9-10,13H2,1H3,(H,21,24). The number of benzene rings is 2. The molecule has 0 unspecified atom stereocenters. The van der Waals surface area contributed by atoms with Gasteiger partial charge < -0.3 is 14.8 Å². The first-order valence-electron chi connectivity index (χ1n) is 8.49. The van der Waals surface area contributed by atoms with Crippen LogP contribution in [0.25, 0.3) is 5.69 Å². The van der Waals surface area contributed by atoms with Gasteiger partial charge in [-0.3, -0.25) is 4.79 Å². The zero-order valence-electron chi connectivity index (χ0n) is 14.4. The van der Waals surface area contributed by atoms with Crippen LogP contribution in [0.3, 0.4) is 0 Å². The number of ether oxygens (including phenoxy) is 2. The second kappa shape index (κ2) is 6.92. The van der Waals surface area contributed by atoms with E-state index in [1.807, 2.05) is 49.5 Å². The molecule has 3 aromatic rings. The SMILES string of the molecule is Cc1cc2c(cc1C(=O)NCc1ccccc1-n1cccn1)OCCO2. The van der Waals surface area contributed by atoms with Crippen LogP contribution >= 0.6 is 0 Å². The van der Waals surface area contributed by atoms with E-state index in [4.69, 9.17) is 9.47 Å². The van der Waals surface area contributed by atoms with Crippen molar-refractivity contribution in [3.8, 4) is 17.2 Å². The van der Waals surface area contributed by atoms with E-state index in [9.17, 15) is 4.79 Å². The fourth-order valence-electron chi connectivity index (χ4n) is 3.00. The van der Waals surface area contributed by atoms with Gasteiger partial charge in [-0.2, -0.15) is 5.10 Å². The topological polar surface area (TPSA) is 65.4 Å². The molecule has 1 aromatic heterocycles. The number of hydrogen-bond acceptors (Lipinski definition) is 4. The summed E-state index contributed by atoms with van der Waals surface area (Å²) in [5.74, 6) is 1.16. The Kier molecular flexibility index (Phi) is 4.31. The van der Waals surface area contributed by atoms with Gasteiger partial charge in [0.05, 0.1) is 5.69 Å². The molecule has 6 nitrogen and oxygen atoms in total. The van der Waals surface area contributed by atoms with Crippen molar-refractivity contribution in [2.75, 3.05) is 13.2 Å². The molecule has 1 N–H and O–H groups in total. The van der Waals surface area contributed by atoms with Crippen LogP contribution in [-0.2, 0) is 6.54 Å². The van der Waals surface area contributed by atoms with Crippen molar-refractivity contribution in [3.05, 3.63) is 71.5 Å². The van der Waals surface area contributed by atoms with Crippen LogP contribution in [0.4, 0.5) is 0 Å². The second-order valence-electron chi connectivity index (χ2n) is 6.07. The Balaban J connectivity index is 1.54. The molecule has 1 amide bonds. The van der Waals surface area contributed by atoms with Crippen LogP contribution < -0.4 is 14.8 Å². The number of para-hydroxylation sites is 1. The highest BCUT2D eigenvalue weighted by molar-refractivity contribution is 5.96. The summed E-state index contributed by atoms with van der Waals surface area (Å²) in [6.07, 6.45) is 3.61. The van der Waals surface area contributed by atoms with Gasteiger partial charge in [-0.15, -0.1) is 0 Å². The number of hydrogen-bond donors (Lipinski definition) is 1. The van der Waals surface area contributed by atoms with Gasteiger partial charge in [-0.05, 0) is 42.3 Å². The summed E-state index contributed by atoms with van der Waals surface area (Å²) in [7, 11) is 0. The van der Waals surface area contributed by atoms with Gasteiger partial charge in [0.15, 0.2) is 11.5 Å². The average molecular weight is 349 g/mol. The first-order valence-corrected chi connectivity index (χ1v) is 8.49. The number of nitrogens with one attached hydrogen (secondary N) is 1. The summed E-state index contributed by atoms with van der Waals surface area (Å²) in [6.45, 7) is 3.32. The molecule has 0 bridgehead atoms. The molecule has 1 aliphatic rings. The monoisotopic (exact) mass is 349 g/mol. The molecule has 0 saturated heterocycles. The van der Waals surface area contributed by atoms with Gasteiger partial charge in [0.1, 0.15) is 13.2 Å². The molecule has 0 atom stereocenters. The lowest BCUT2D eigenvalue weighted by atomic mass is 10.1. The Morgan fingerprint density at radius 2 is 1.92 bits per heavy atom. The Morgan fingerprint density at radius 1 is 1.15 bits per heavy atom. The maximum Gasteiger partial charge on any atom is 0.251 e. The van der Waals surface area contributed by atoms with Crippen molar-refractivity contribution in [2.24, 2.45) is 0 Å². The van der Waals surface area contributed by atoms with Crippen molar-refractivity contribution < 1.29 is 14.3 Å². The number of aromatic nitrogens is 2. The average Bonchev–Trinajstić information content (AvgIpc) is 3.20. The molecule has 0 spiro atoms. The van der Waals surface area contributed by atoms with Crippen LogP contribution in [0.5, 0.6) is 11.5 Å². The number of fused-ring (bicyclic) bond motifs is 1. The van der Waals surface area contributed by atoms with E-state index in [1.165, 1.54) is 0 Å². The zero-order valence-corrected chi connectivity index (χ0v) is 14.4. The third-order valence-corrected chi connectivity index (χ3v) is 4.32. The zero-order chi connectivity index (χ0) is 17.9. The van der Waals surface area contributed by atoms with Gasteiger partial charge in [0, 0.05) is 24.5 Å². The van der Waals surface area contributed by atoms with Crippen molar-refractivity contribution >= 4 is 5.91 Å². The van der Waals surface area contributed by atoms with E-state index >= 15 is 0 Å². The number of amides is 1. The largest absolute Gasteiger partial charge is 0.486 e. The van der Waals surface area contributed by atoms with Crippen LogP contribution in [0.2, 0.25) is 0 Å². The van der Waals surface area contributed by atoms with E-state index in [0.29, 0.717) is 36.8 Å². The molecule has 0 aliphatic carbocycles. The van der Waals surface area contributed by atoms with Crippen LogP contribution in [0.1, 0.15) is 21.5 Å². The number of rotatable bonds is 4. The summed E-state index contributed by atoms with van der Waals surface area (Å²) in [5.41, 5.74) is 3.37. The summed E-state index contributed by atoms with van der Waals surface area (Å²) < 4.78 is 12.9. The lowest BCUT2D eigenvalue weighted by molar-refractivity contribution is 0.0949. The first-order chi connectivity index (χ1) is 12.7. The van der Waals surface area contributed by atoms with E-state index < -0.39 is 0 Å². The van der Waals surface area contributed by atoms with Gasteiger partial charge in [0.25, 0.3) is 5.91 Å². The summed E-state index contributed by atoms with van der Waals surface area (Å²) in [4.78, 5) is 12.7. The molecule has 26 heavy (non-hydrogen) atoms. The maximum atomic E-state index is 12.7. The van der Waals surface area contributed by atoms with Crippen molar-refractivity contribution in [1.29, 1.82) is 0 Å². The van der Waals surface area contributed by atoms with E-state index in [0.717, 1.165) is 16.8 Å². The minimum Gasteiger partial charge on any atom is -0.486 e. The smallest absolute Gasteiger partial charge is 0.251 e. The normalized spacial score (nSPS) is 12.7. The summed E-state index contributed by atoms with van der Waals surface area (Å²) in [6, 6.07) is 13.3. The second-order valence-corrected chi connectivity index (χ2v) is 6.07.